The van der Waals surface area contributed by atoms with Gasteiger partial charge < -0.3 is 0 Å². The fourth-order valence-corrected chi connectivity index (χ4v) is 3.20. The molecule has 0 bridgehead atoms. The molecule has 0 saturated carbocycles. The summed E-state index contributed by atoms with van der Waals surface area (Å²) in [6, 6.07) is 0. The fraction of sp³-hybridized carbons (Fsp3) is 0.462. The SMILES string of the molecule is CC(=O)SCC1CC(=O)N(c2ncc(Cl)c(C)c2Cl)C1. The Morgan fingerprint density at radius 1 is 1.55 bits per heavy atom. The average molecular weight is 333 g/mol. The van der Waals surface area contributed by atoms with E-state index in [0.29, 0.717) is 40.1 Å². The summed E-state index contributed by atoms with van der Waals surface area (Å²) in [4.78, 5) is 28.8. The first-order valence-electron chi connectivity index (χ1n) is 6.14. The lowest BCUT2D eigenvalue weighted by Crippen LogP contribution is -2.26. The molecule has 1 amide bonds. The third kappa shape index (κ3) is 3.27. The predicted octanol–water partition coefficient (Wildman–Crippen LogP) is 3.33. The van der Waals surface area contributed by atoms with Gasteiger partial charge in [-0.25, -0.2) is 4.98 Å². The van der Waals surface area contributed by atoms with Gasteiger partial charge in [0.1, 0.15) is 0 Å². The first kappa shape index (κ1) is 15.6. The van der Waals surface area contributed by atoms with Crippen molar-refractivity contribution in [1.82, 2.24) is 4.98 Å². The molecule has 4 nitrogen and oxygen atoms in total. The Kier molecular flexibility index (Phi) is 4.94. The molecule has 0 spiro atoms. The van der Waals surface area contributed by atoms with Crippen molar-refractivity contribution < 1.29 is 9.59 Å². The number of hydrogen-bond acceptors (Lipinski definition) is 4. The number of thioether (sulfide) groups is 1. The molecule has 1 fully saturated rings. The minimum atomic E-state index is -0.0183. The van der Waals surface area contributed by atoms with Gasteiger partial charge in [0.25, 0.3) is 0 Å². The number of aromatic nitrogens is 1. The summed E-state index contributed by atoms with van der Waals surface area (Å²) in [5, 5.41) is 0.953. The van der Waals surface area contributed by atoms with Crippen LogP contribution in [0.15, 0.2) is 6.20 Å². The Bertz CT molecular complexity index is 566. The van der Waals surface area contributed by atoms with Crippen LogP contribution in [-0.4, -0.2) is 28.3 Å². The number of halogens is 2. The minimum Gasteiger partial charge on any atom is -0.295 e. The first-order valence-corrected chi connectivity index (χ1v) is 7.88. The highest BCUT2D eigenvalue weighted by atomic mass is 35.5. The summed E-state index contributed by atoms with van der Waals surface area (Å²) in [6.45, 7) is 3.85. The molecular formula is C13H14Cl2N2O2S. The van der Waals surface area contributed by atoms with E-state index in [9.17, 15) is 9.59 Å². The molecule has 1 unspecified atom stereocenters. The van der Waals surface area contributed by atoms with E-state index in [1.54, 1.807) is 11.8 Å². The van der Waals surface area contributed by atoms with Crippen LogP contribution in [-0.2, 0) is 9.59 Å². The molecule has 1 aliphatic rings. The molecule has 1 aliphatic heterocycles. The van der Waals surface area contributed by atoms with Gasteiger partial charge in [-0.3, -0.25) is 14.5 Å². The largest absolute Gasteiger partial charge is 0.295 e. The lowest BCUT2D eigenvalue weighted by Gasteiger charge is -2.18. The van der Waals surface area contributed by atoms with Crippen LogP contribution in [0.5, 0.6) is 0 Å². The maximum absolute atomic E-state index is 12.1. The van der Waals surface area contributed by atoms with E-state index in [1.165, 1.54) is 24.9 Å². The molecule has 1 aromatic rings. The van der Waals surface area contributed by atoms with Gasteiger partial charge in [0.05, 0.1) is 10.0 Å². The molecule has 2 heterocycles. The standard InChI is InChI=1S/C13H14Cl2N2O2S/c1-7-10(14)4-16-13(12(7)15)17-5-9(3-11(17)19)6-20-8(2)18/h4,9H,3,5-6H2,1-2H3. The van der Waals surface area contributed by atoms with Crippen LogP contribution in [0.2, 0.25) is 10.0 Å². The van der Waals surface area contributed by atoms with Crippen LogP contribution in [0.4, 0.5) is 5.82 Å². The average Bonchev–Trinajstić information content (AvgIpc) is 2.75. The Hall–Kier alpha value is -0.780. The van der Waals surface area contributed by atoms with Crippen LogP contribution in [0.25, 0.3) is 0 Å². The van der Waals surface area contributed by atoms with E-state index in [-0.39, 0.29) is 16.9 Å². The van der Waals surface area contributed by atoms with Crippen molar-refractivity contribution in [1.29, 1.82) is 0 Å². The number of nitrogens with zero attached hydrogens (tertiary/aromatic N) is 2. The summed E-state index contributed by atoms with van der Waals surface area (Å²) in [6.07, 6.45) is 1.92. The van der Waals surface area contributed by atoms with E-state index >= 15 is 0 Å². The van der Waals surface area contributed by atoms with Gasteiger partial charge >= 0.3 is 0 Å². The summed E-state index contributed by atoms with van der Waals surface area (Å²) in [5.74, 6) is 1.22. The van der Waals surface area contributed by atoms with Crippen molar-refractivity contribution in [2.75, 3.05) is 17.2 Å². The van der Waals surface area contributed by atoms with Crippen LogP contribution < -0.4 is 4.90 Å². The van der Waals surface area contributed by atoms with Crippen molar-refractivity contribution in [2.45, 2.75) is 20.3 Å². The minimum absolute atomic E-state index is 0.0183. The van der Waals surface area contributed by atoms with Crippen molar-refractivity contribution in [3.05, 3.63) is 21.8 Å². The van der Waals surface area contributed by atoms with Gasteiger partial charge in [-0.15, -0.1) is 0 Å². The maximum atomic E-state index is 12.1. The number of anilines is 1. The number of amides is 1. The van der Waals surface area contributed by atoms with E-state index in [4.69, 9.17) is 23.2 Å². The molecular weight excluding hydrogens is 319 g/mol. The quantitative estimate of drug-likeness (QED) is 0.851. The van der Waals surface area contributed by atoms with Crippen molar-refractivity contribution in [3.63, 3.8) is 0 Å². The Morgan fingerprint density at radius 3 is 2.90 bits per heavy atom. The number of carbonyl (C=O) groups excluding carboxylic acids is 2. The normalized spacial score (nSPS) is 18.7. The summed E-state index contributed by atoms with van der Waals surface area (Å²) < 4.78 is 0. The zero-order valence-electron chi connectivity index (χ0n) is 11.2. The van der Waals surface area contributed by atoms with E-state index in [0.717, 1.165) is 0 Å². The Balaban J connectivity index is 2.16. The van der Waals surface area contributed by atoms with Crippen molar-refractivity contribution >= 4 is 51.8 Å². The highest BCUT2D eigenvalue weighted by Crippen LogP contribution is 2.34. The van der Waals surface area contributed by atoms with Crippen LogP contribution in [0, 0.1) is 12.8 Å². The summed E-state index contributed by atoms with van der Waals surface area (Å²) >= 11 is 13.4. The van der Waals surface area contributed by atoms with Crippen LogP contribution in [0.3, 0.4) is 0 Å². The summed E-state index contributed by atoms with van der Waals surface area (Å²) in [7, 11) is 0. The highest BCUT2D eigenvalue weighted by molar-refractivity contribution is 8.13. The lowest BCUT2D eigenvalue weighted by molar-refractivity contribution is -0.117. The first-order chi connectivity index (χ1) is 9.40. The number of hydrogen-bond donors (Lipinski definition) is 0. The van der Waals surface area contributed by atoms with Gasteiger partial charge in [-0.1, -0.05) is 35.0 Å². The molecule has 1 saturated heterocycles. The Labute approximate surface area is 131 Å². The van der Waals surface area contributed by atoms with Crippen molar-refractivity contribution in [3.8, 4) is 0 Å². The van der Waals surface area contributed by atoms with Crippen molar-refractivity contribution in [2.24, 2.45) is 5.92 Å². The van der Waals surface area contributed by atoms with Crippen LogP contribution in [0.1, 0.15) is 18.9 Å². The van der Waals surface area contributed by atoms with E-state index in [1.807, 2.05) is 0 Å². The smallest absolute Gasteiger partial charge is 0.228 e. The van der Waals surface area contributed by atoms with Gasteiger partial charge in [0, 0.05) is 31.8 Å². The molecule has 0 aliphatic carbocycles. The monoisotopic (exact) mass is 332 g/mol. The molecule has 0 N–H and O–H groups in total. The fourth-order valence-electron chi connectivity index (χ4n) is 2.07. The van der Waals surface area contributed by atoms with Crippen LogP contribution >= 0.6 is 35.0 Å². The number of pyridine rings is 1. The molecule has 0 aromatic carbocycles. The van der Waals surface area contributed by atoms with E-state index < -0.39 is 0 Å². The zero-order valence-corrected chi connectivity index (χ0v) is 13.5. The zero-order chi connectivity index (χ0) is 14.9. The maximum Gasteiger partial charge on any atom is 0.228 e. The Morgan fingerprint density at radius 2 is 2.25 bits per heavy atom. The second-order valence-corrected chi connectivity index (χ2v) is 6.73. The third-order valence-electron chi connectivity index (χ3n) is 3.17. The van der Waals surface area contributed by atoms with Gasteiger partial charge in [0.15, 0.2) is 10.9 Å². The van der Waals surface area contributed by atoms with Gasteiger partial charge in [-0.2, -0.15) is 0 Å². The third-order valence-corrected chi connectivity index (χ3v) is 5.05. The van der Waals surface area contributed by atoms with E-state index in [2.05, 4.69) is 4.98 Å². The van der Waals surface area contributed by atoms with Gasteiger partial charge in [0.2, 0.25) is 5.91 Å². The predicted molar refractivity (Wildman–Crippen MR) is 82.6 cm³/mol. The molecule has 7 heteroatoms. The number of rotatable bonds is 3. The molecule has 108 valence electrons. The lowest BCUT2D eigenvalue weighted by atomic mass is 10.1. The molecule has 20 heavy (non-hydrogen) atoms. The molecule has 1 aromatic heterocycles. The molecule has 0 radical (unpaired) electrons. The second-order valence-electron chi connectivity index (χ2n) is 4.75. The highest BCUT2D eigenvalue weighted by Gasteiger charge is 2.33. The van der Waals surface area contributed by atoms with Gasteiger partial charge in [-0.05, 0) is 18.4 Å². The molecule has 1 atom stereocenters. The second kappa shape index (κ2) is 6.33. The number of carbonyl (C=O) groups is 2. The topological polar surface area (TPSA) is 50.3 Å². The summed E-state index contributed by atoms with van der Waals surface area (Å²) in [5.41, 5.74) is 0.715. The molecule has 2 rings (SSSR count).